The molecule has 1 saturated heterocycles. The highest BCUT2D eigenvalue weighted by Gasteiger charge is 2.24. The van der Waals surface area contributed by atoms with Crippen LogP contribution in [-0.4, -0.2) is 52.2 Å². The lowest BCUT2D eigenvalue weighted by atomic mass is 9.96. The van der Waals surface area contributed by atoms with Gasteiger partial charge in [0.1, 0.15) is 23.5 Å². The first-order chi connectivity index (χ1) is 13.3. The van der Waals surface area contributed by atoms with Crippen molar-refractivity contribution in [3.05, 3.63) is 48.2 Å². The molecule has 1 aliphatic rings. The Balaban J connectivity index is 1.35. The highest BCUT2D eigenvalue weighted by Crippen LogP contribution is 2.25. The number of benzene rings is 1. The largest absolute Gasteiger partial charge is 0.461 e. The Morgan fingerprint density at radius 3 is 2.93 bits per heavy atom. The molecule has 0 unspecified atom stereocenters. The number of piperidine rings is 1. The maximum Gasteiger partial charge on any atom is 0.193 e. The quantitative estimate of drug-likeness (QED) is 0.536. The summed E-state index contributed by atoms with van der Waals surface area (Å²) in [7, 11) is 0. The SMILES string of the molecule is CCNC(=NCCc1cc2ccccc2o1)N1CCC(c2ncn[nH]2)CC1. The van der Waals surface area contributed by atoms with Gasteiger partial charge in [0.25, 0.3) is 0 Å². The molecule has 7 heteroatoms. The molecule has 0 radical (unpaired) electrons. The molecule has 142 valence electrons. The minimum absolute atomic E-state index is 0.460. The van der Waals surface area contributed by atoms with Crippen LogP contribution in [0.5, 0.6) is 0 Å². The fourth-order valence-corrected chi connectivity index (χ4v) is 3.63. The van der Waals surface area contributed by atoms with E-state index in [1.807, 2.05) is 18.2 Å². The lowest BCUT2D eigenvalue weighted by Crippen LogP contribution is -2.45. The van der Waals surface area contributed by atoms with Crippen molar-refractivity contribution in [3.63, 3.8) is 0 Å². The van der Waals surface area contributed by atoms with Gasteiger partial charge in [0.05, 0.1) is 0 Å². The summed E-state index contributed by atoms with van der Waals surface area (Å²) in [6.07, 6.45) is 4.51. The number of para-hydroxylation sites is 1. The van der Waals surface area contributed by atoms with Crippen molar-refractivity contribution in [2.45, 2.75) is 32.1 Å². The van der Waals surface area contributed by atoms with Gasteiger partial charge in [-0.15, -0.1) is 0 Å². The van der Waals surface area contributed by atoms with E-state index in [4.69, 9.17) is 9.41 Å². The third kappa shape index (κ3) is 4.13. The lowest BCUT2D eigenvalue weighted by Gasteiger charge is -2.33. The summed E-state index contributed by atoms with van der Waals surface area (Å²) < 4.78 is 5.89. The number of nitrogens with one attached hydrogen (secondary N) is 2. The average Bonchev–Trinajstić information content (AvgIpc) is 3.37. The van der Waals surface area contributed by atoms with Gasteiger partial charge in [-0.3, -0.25) is 10.1 Å². The zero-order valence-electron chi connectivity index (χ0n) is 15.7. The fraction of sp³-hybridized carbons (Fsp3) is 0.450. The van der Waals surface area contributed by atoms with Crippen molar-refractivity contribution < 1.29 is 4.42 Å². The Labute approximate surface area is 158 Å². The van der Waals surface area contributed by atoms with Gasteiger partial charge in [-0.1, -0.05) is 18.2 Å². The van der Waals surface area contributed by atoms with E-state index < -0.39 is 0 Å². The summed E-state index contributed by atoms with van der Waals surface area (Å²) >= 11 is 0. The first-order valence-electron chi connectivity index (χ1n) is 9.69. The van der Waals surface area contributed by atoms with Crippen LogP contribution in [0.2, 0.25) is 0 Å². The minimum Gasteiger partial charge on any atom is -0.461 e. The molecule has 2 N–H and O–H groups in total. The number of aliphatic imine (C=N–C) groups is 1. The molecule has 2 aromatic heterocycles. The van der Waals surface area contributed by atoms with Gasteiger partial charge in [0.15, 0.2) is 5.96 Å². The second-order valence-corrected chi connectivity index (χ2v) is 6.87. The predicted molar refractivity (Wildman–Crippen MR) is 106 cm³/mol. The summed E-state index contributed by atoms with van der Waals surface area (Å²) in [4.78, 5) is 11.5. The molecule has 0 spiro atoms. The number of hydrogen-bond acceptors (Lipinski definition) is 4. The molecular formula is C20H26N6O. The van der Waals surface area contributed by atoms with Crippen LogP contribution in [0.25, 0.3) is 11.0 Å². The Bertz CT molecular complexity index is 844. The van der Waals surface area contributed by atoms with Crippen LogP contribution in [-0.2, 0) is 6.42 Å². The van der Waals surface area contributed by atoms with Crippen molar-refractivity contribution in [2.24, 2.45) is 4.99 Å². The second-order valence-electron chi connectivity index (χ2n) is 6.87. The standard InChI is InChI=1S/C20H26N6O/c1-2-21-20(26-11-8-15(9-12-26)19-23-14-24-25-19)22-10-7-17-13-16-5-3-4-6-18(16)27-17/h3-6,13-15H,2,7-12H2,1H3,(H,21,22)(H,23,24,25). The zero-order valence-corrected chi connectivity index (χ0v) is 15.7. The van der Waals surface area contributed by atoms with Crippen LogP contribution in [0.4, 0.5) is 0 Å². The van der Waals surface area contributed by atoms with E-state index >= 15 is 0 Å². The Morgan fingerprint density at radius 2 is 2.19 bits per heavy atom. The number of fused-ring (bicyclic) bond motifs is 1. The molecule has 0 bridgehead atoms. The van der Waals surface area contributed by atoms with Crippen LogP contribution in [0, 0.1) is 0 Å². The molecule has 1 fully saturated rings. The highest BCUT2D eigenvalue weighted by atomic mass is 16.3. The number of aromatic nitrogens is 3. The average molecular weight is 366 g/mol. The van der Waals surface area contributed by atoms with E-state index in [1.165, 1.54) is 0 Å². The third-order valence-corrected chi connectivity index (χ3v) is 5.05. The van der Waals surface area contributed by atoms with Crippen molar-refractivity contribution >= 4 is 16.9 Å². The number of H-pyrrole nitrogens is 1. The van der Waals surface area contributed by atoms with Crippen LogP contribution in [0.15, 0.2) is 46.1 Å². The molecule has 0 amide bonds. The number of furan rings is 1. The first-order valence-corrected chi connectivity index (χ1v) is 9.69. The summed E-state index contributed by atoms with van der Waals surface area (Å²) in [5.74, 6) is 3.44. The molecule has 3 aromatic rings. The highest BCUT2D eigenvalue weighted by molar-refractivity contribution is 5.80. The Kier molecular flexibility index (Phi) is 5.37. The molecule has 4 rings (SSSR count). The maximum absolute atomic E-state index is 5.89. The van der Waals surface area contributed by atoms with Crippen molar-refractivity contribution in [1.82, 2.24) is 25.4 Å². The van der Waals surface area contributed by atoms with E-state index in [-0.39, 0.29) is 0 Å². The monoisotopic (exact) mass is 366 g/mol. The summed E-state index contributed by atoms with van der Waals surface area (Å²) in [5.41, 5.74) is 0.942. The summed E-state index contributed by atoms with van der Waals surface area (Å²) in [6, 6.07) is 10.2. The third-order valence-electron chi connectivity index (χ3n) is 5.05. The Morgan fingerprint density at radius 1 is 1.33 bits per heavy atom. The van der Waals surface area contributed by atoms with E-state index in [1.54, 1.807) is 6.33 Å². The van der Waals surface area contributed by atoms with Gasteiger partial charge in [0, 0.05) is 43.9 Å². The zero-order chi connectivity index (χ0) is 18.5. The van der Waals surface area contributed by atoms with Crippen LogP contribution in [0.3, 0.4) is 0 Å². The number of likely N-dealkylation sites (tertiary alicyclic amines) is 1. The lowest BCUT2D eigenvalue weighted by molar-refractivity contribution is 0.299. The molecule has 0 aliphatic carbocycles. The number of rotatable bonds is 5. The van der Waals surface area contributed by atoms with Crippen molar-refractivity contribution in [1.29, 1.82) is 0 Å². The van der Waals surface area contributed by atoms with Gasteiger partial charge < -0.3 is 14.6 Å². The minimum atomic E-state index is 0.460. The van der Waals surface area contributed by atoms with Gasteiger partial charge >= 0.3 is 0 Å². The van der Waals surface area contributed by atoms with E-state index in [0.717, 1.165) is 67.4 Å². The normalized spacial score (nSPS) is 16.2. The number of hydrogen-bond donors (Lipinski definition) is 2. The van der Waals surface area contributed by atoms with Crippen LogP contribution in [0.1, 0.15) is 37.3 Å². The smallest absolute Gasteiger partial charge is 0.193 e. The summed E-state index contributed by atoms with van der Waals surface area (Å²) in [6.45, 7) is 5.63. The fourth-order valence-electron chi connectivity index (χ4n) is 3.63. The van der Waals surface area contributed by atoms with Gasteiger partial charge in [-0.2, -0.15) is 5.10 Å². The molecule has 1 aliphatic heterocycles. The molecule has 1 aromatic carbocycles. The molecule has 0 saturated carbocycles. The molecule has 27 heavy (non-hydrogen) atoms. The number of guanidine groups is 1. The van der Waals surface area contributed by atoms with Crippen LogP contribution < -0.4 is 5.32 Å². The Hall–Kier alpha value is -2.83. The van der Waals surface area contributed by atoms with Gasteiger partial charge in [0.2, 0.25) is 0 Å². The first kappa shape index (κ1) is 17.6. The van der Waals surface area contributed by atoms with Crippen molar-refractivity contribution in [3.8, 4) is 0 Å². The molecule has 7 nitrogen and oxygen atoms in total. The predicted octanol–water partition coefficient (Wildman–Crippen LogP) is 2.94. The number of nitrogens with zero attached hydrogens (tertiary/aromatic N) is 4. The second kappa shape index (κ2) is 8.24. The van der Waals surface area contributed by atoms with E-state index in [0.29, 0.717) is 12.5 Å². The van der Waals surface area contributed by atoms with E-state index in [2.05, 4.69) is 44.5 Å². The van der Waals surface area contributed by atoms with Crippen molar-refractivity contribution in [2.75, 3.05) is 26.2 Å². The number of aromatic amines is 1. The molecular weight excluding hydrogens is 340 g/mol. The summed E-state index contributed by atoms with van der Waals surface area (Å²) in [5, 5.41) is 11.5. The van der Waals surface area contributed by atoms with Gasteiger partial charge in [-0.05, 0) is 31.9 Å². The maximum atomic E-state index is 5.89. The molecule has 3 heterocycles. The van der Waals surface area contributed by atoms with Crippen LogP contribution >= 0.6 is 0 Å². The van der Waals surface area contributed by atoms with E-state index in [9.17, 15) is 0 Å². The topological polar surface area (TPSA) is 82.3 Å². The molecule has 0 atom stereocenters. The van der Waals surface area contributed by atoms with Gasteiger partial charge in [-0.25, -0.2) is 4.98 Å².